The standard InChI is InChI=1S/C28H26INO5S/c1-18-5-9-21(10-6-18)25-24(29)17-30(36(33,34)23-11-7-19(2)8-12-23)26(20(3)27(32)35-4)28(25)15-13-22(31)14-16-28/h5-16,26H,3,17H2,1-2,4H3/t26-/m0/s1. The van der Waals surface area contributed by atoms with Crippen LogP contribution in [0.25, 0.3) is 5.57 Å². The maximum absolute atomic E-state index is 14.0. The maximum Gasteiger partial charge on any atom is 0.334 e. The van der Waals surface area contributed by atoms with E-state index in [9.17, 15) is 18.0 Å². The van der Waals surface area contributed by atoms with Crippen molar-refractivity contribution in [2.24, 2.45) is 5.41 Å². The fourth-order valence-electron chi connectivity index (χ4n) is 4.72. The molecule has 0 saturated carbocycles. The average Bonchev–Trinajstić information content (AvgIpc) is 2.86. The van der Waals surface area contributed by atoms with Gasteiger partial charge >= 0.3 is 5.97 Å². The summed E-state index contributed by atoms with van der Waals surface area (Å²) in [5, 5.41) is 0. The van der Waals surface area contributed by atoms with Crippen LogP contribution in [-0.2, 0) is 24.3 Å². The SMILES string of the molecule is C=C(C(=O)OC)[C@@H]1N(S(=O)(=O)c2ccc(C)cc2)CC(I)=C(c2ccc(C)cc2)C12C=CC(=O)C=C2. The molecule has 1 aliphatic heterocycles. The highest BCUT2D eigenvalue weighted by atomic mass is 127. The van der Waals surface area contributed by atoms with Crippen molar-refractivity contribution >= 4 is 49.9 Å². The second kappa shape index (κ2) is 9.91. The third kappa shape index (κ3) is 4.53. The maximum atomic E-state index is 14.0. The highest BCUT2D eigenvalue weighted by molar-refractivity contribution is 14.1. The molecule has 186 valence electrons. The van der Waals surface area contributed by atoms with Crippen molar-refractivity contribution in [3.8, 4) is 0 Å². The van der Waals surface area contributed by atoms with Crippen LogP contribution in [0.3, 0.4) is 0 Å². The summed E-state index contributed by atoms with van der Waals surface area (Å²) in [5.74, 6) is -0.942. The quantitative estimate of drug-likeness (QED) is 0.271. The summed E-state index contributed by atoms with van der Waals surface area (Å²) in [6.07, 6.45) is 6.19. The molecule has 0 radical (unpaired) electrons. The van der Waals surface area contributed by atoms with Gasteiger partial charge in [-0.25, -0.2) is 13.2 Å². The zero-order valence-electron chi connectivity index (χ0n) is 20.2. The fourth-order valence-corrected chi connectivity index (χ4v) is 7.72. The van der Waals surface area contributed by atoms with Crippen LogP contribution in [0, 0.1) is 19.3 Å². The van der Waals surface area contributed by atoms with Crippen molar-refractivity contribution in [3.05, 3.63) is 105 Å². The number of ether oxygens (including phenoxy) is 1. The van der Waals surface area contributed by atoms with Crippen LogP contribution < -0.4 is 0 Å². The third-order valence-electron chi connectivity index (χ3n) is 6.53. The zero-order valence-corrected chi connectivity index (χ0v) is 23.2. The monoisotopic (exact) mass is 615 g/mol. The molecule has 0 saturated heterocycles. The number of halogens is 1. The number of rotatable bonds is 5. The summed E-state index contributed by atoms with van der Waals surface area (Å²) < 4.78 is 35.1. The number of carbonyl (C=O) groups excluding carboxylic acids is 2. The lowest BCUT2D eigenvalue weighted by Crippen LogP contribution is -2.55. The van der Waals surface area contributed by atoms with Gasteiger partial charge in [0.25, 0.3) is 0 Å². The summed E-state index contributed by atoms with van der Waals surface area (Å²) >= 11 is 2.16. The second-order valence-electron chi connectivity index (χ2n) is 8.93. The molecule has 1 heterocycles. The van der Waals surface area contributed by atoms with E-state index in [0.717, 1.165) is 25.8 Å². The average molecular weight is 615 g/mol. The van der Waals surface area contributed by atoms with Crippen LogP contribution in [0.5, 0.6) is 0 Å². The topological polar surface area (TPSA) is 80.8 Å². The Morgan fingerprint density at radius 2 is 1.56 bits per heavy atom. The minimum Gasteiger partial charge on any atom is -0.466 e. The van der Waals surface area contributed by atoms with E-state index in [1.54, 1.807) is 36.4 Å². The molecule has 0 bridgehead atoms. The molecule has 2 aromatic carbocycles. The van der Waals surface area contributed by atoms with Crippen LogP contribution >= 0.6 is 22.6 Å². The van der Waals surface area contributed by atoms with Gasteiger partial charge in [-0.3, -0.25) is 4.79 Å². The molecule has 1 aliphatic carbocycles. The number of methoxy groups -OCH3 is 1. The molecule has 0 aromatic heterocycles. The van der Waals surface area contributed by atoms with Crippen LogP contribution in [0.4, 0.5) is 0 Å². The molecule has 2 aliphatic rings. The molecule has 0 fully saturated rings. The zero-order chi connectivity index (χ0) is 26.3. The molecule has 1 spiro atoms. The Bertz CT molecular complexity index is 1420. The van der Waals surface area contributed by atoms with Gasteiger partial charge in [0, 0.05) is 15.7 Å². The van der Waals surface area contributed by atoms with E-state index in [0.29, 0.717) is 0 Å². The largest absolute Gasteiger partial charge is 0.466 e. The molecule has 6 nitrogen and oxygen atoms in total. The summed E-state index contributed by atoms with van der Waals surface area (Å²) in [4.78, 5) is 25.2. The number of aryl methyl sites for hydroxylation is 2. The van der Waals surface area contributed by atoms with Crippen molar-refractivity contribution in [2.45, 2.75) is 24.8 Å². The van der Waals surface area contributed by atoms with Gasteiger partial charge in [0.2, 0.25) is 10.0 Å². The van der Waals surface area contributed by atoms with Crippen LogP contribution in [0.2, 0.25) is 0 Å². The Morgan fingerprint density at radius 1 is 1.03 bits per heavy atom. The van der Waals surface area contributed by atoms with Gasteiger partial charge in [-0.05, 0) is 71.9 Å². The van der Waals surface area contributed by atoms with Crippen molar-refractivity contribution in [3.63, 3.8) is 0 Å². The lowest BCUT2D eigenvalue weighted by Gasteiger charge is -2.48. The summed E-state index contributed by atoms with van der Waals surface area (Å²) in [7, 11) is -2.84. The van der Waals surface area contributed by atoms with E-state index in [1.165, 1.54) is 23.6 Å². The van der Waals surface area contributed by atoms with Crippen molar-refractivity contribution in [1.29, 1.82) is 0 Å². The molecule has 1 atom stereocenters. The molecule has 4 rings (SSSR count). The summed E-state index contributed by atoms with van der Waals surface area (Å²) in [5.41, 5.74) is 2.49. The first-order valence-corrected chi connectivity index (χ1v) is 13.8. The van der Waals surface area contributed by atoms with Crippen LogP contribution in [0.15, 0.2) is 93.5 Å². The van der Waals surface area contributed by atoms with Crippen molar-refractivity contribution in [2.75, 3.05) is 13.7 Å². The molecule has 0 N–H and O–H groups in total. The first-order chi connectivity index (χ1) is 17.0. The number of allylic oxidation sites excluding steroid dienone is 2. The molecule has 0 unspecified atom stereocenters. The Morgan fingerprint density at radius 3 is 2.08 bits per heavy atom. The molecule has 8 heteroatoms. The number of sulfonamides is 1. The van der Waals surface area contributed by atoms with E-state index in [2.05, 4.69) is 29.2 Å². The highest BCUT2D eigenvalue weighted by Crippen LogP contribution is 2.53. The predicted octanol–water partition coefficient (Wildman–Crippen LogP) is 4.93. The Kier molecular flexibility index (Phi) is 7.23. The number of hydrogen-bond acceptors (Lipinski definition) is 5. The van der Waals surface area contributed by atoms with Crippen LogP contribution in [-0.4, -0.2) is 44.2 Å². The Balaban J connectivity index is 2.03. The minimum absolute atomic E-state index is 0.0228. The van der Waals surface area contributed by atoms with E-state index in [-0.39, 0.29) is 22.8 Å². The van der Waals surface area contributed by atoms with E-state index in [4.69, 9.17) is 4.74 Å². The predicted molar refractivity (Wildman–Crippen MR) is 148 cm³/mol. The summed E-state index contributed by atoms with van der Waals surface area (Å²) in [6.45, 7) is 7.88. The van der Waals surface area contributed by atoms with Gasteiger partial charge in [-0.15, -0.1) is 0 Å². The van der Waals surface area contributed by atoms with E-state index >= 15 is 0 Å². The smallest absolute Gasteiger partial charge is 0.334 e. The van der Waals surface area contributed by atoms with Gasteiger partial charge in [0.05, 0.1) is 23.5 Å². The third-order valence-corrected chi connectivity index (χ3v) is 9.24. The molecule has 36 heavy (non-hydrogen) atoms. The first kappa shape index (κ1) is 26.2. The van der Waals surface area contributed by atoms with Crippen molar-refractivity contribution in [1.82, 2.24) is 4.31 Å². The Labute approximate surface area is 225 Å². The lowest BCUT2D eigenvalue weighted by molar-refractivity contribution is -0.136. The first-order valence-electron chi connectivity index (χ1n) is 11.3. The molecule has 0 amide bonds. The fraction of sp³-hybridized carbons (Fsp3) is 0.214. The van der Waals surface area contributed by atoms with Crippen molar-refractivity contribution < 1.29 is 22.7 Å². The molecular weight excluding hydrogens is 589 g/mol. The molecule has 2 aromatic rings. The number of nitrogens with zero attached hydrogens (tertiary/aromatic N) is 1. The molecular formula is C28H26INO5S. The van der Waals surface area contributed by atoms with Gasteiger partial charge in [0.1, 0.15) is 0 Å². The number of carbonyl (C=O) groups is 2. The second-order valence-corrected chi connectivity index (χ2v) is 12.1. The van der Waals surface area contributed by atoms with Gasteiger partial charge in [-0.2, -0.15) is 4.31 Å². The van der Waals surface area contributed by atoms with Gasteiger partial charge < -0.3 is 4.74 Å². The number of hydrogen-bond donors (Lipinski definition) is 0. The number of benzene rings is 2. The van der Waals surface area contributed by atoms with Gasteiger partial charge in [-0.1, -0.05) is 66.3 Å². The summed E-state index contributed by atoms with van der Waals surface area (Å²) in [6, 6.07) is 13.4. The highest BCUT2D eigenvalue weighted by Gasteiger charge is 2.53. The van der Waals surface area contributed by atoms with E-state index in [1.807, 2.05) is 38.1 Å². The Hall–Kier alpha value is -2.82. The number of ketones is 1. The lowest BCUT2D eigenvalue weighted by atomic mass is 9.65. The van der Waals surface area contributed by atoms with Crippen LogP contribution in [0.1, 0.15) is 16.7 Å². The minimum atomic E-state index is -4.08. The number of esters is 1. The van der Waals surface area contributed by atoms with Gasteiger partial charge in [0.15, 0.2) is 5.78 Å². The normalized spacial score (nSPS) is 19.6. The van der Waals surface area contributed by atoms with E-state index < -0.39 is 27.4 Å².